The summed E-state index contributed by atoms with van der Waals surface area (Å²) in [6.45, 7) is 0. The molecule has 1 N–H and O–H groups in total. The molecule has 2 heterocycles. The Morgan fingerprint density at radius 1 is 1.47 bits per heavy atom. The van der Waals surface area contributed by atoms with Gasteiger partial charge in [0.1, 0.15) is 6.07 Å². The molecule has 0 unspecified atom stereocenters. The molecule has 0 saturated heterocycles. The summed E-state index contributed by atoms with van der Waals surface area (Å²) in [7, 11) is 1.81. The highest BCUT2D eigenvalue weighted by Crippen LogP contribution is 2.14. The molecular formula is C9H8N6. The fraction of sp³-hybridized carbons (Fsp3) is 0.111. The monoisotopic (exact) mass is 200 g/mol. The number of nitrogens with zero attached hydrogens (tertiary/aromatic N) is 5. The standard InChI is InChI=1S/C9H8N6/c1-15-5-3-8(14-15)12-9-7(6-10)2-4-11-13-9/h2-5H,1H3,(H,12,13,14). The Hall–Kier alpha value is -2.42. The van der Waals surface area contributed by atoms with E-state index in [1.165, 1.54) is 6.20 Å². The molecule has 0 spiro atoms. The molecule has 0 amide bonds. The van der Waals surface area contributed by atoms with Crippen LogP contribution in [0.5, 0.6) is 0 Å². The van der Waals surface area contributed by atoms with Crippen LogP contribution in [0.2, 0.25) is 0 Å². The maximum absolute atomic E-state index is 8.82. The molecule has 0 aliphatic carbocycles. The molecule has 0 aliphatic heterocycles. The maximum Gasteiger partial charge on any atom is 0.172 e. The predicted octanol–water partition coefficient (Wildman–Crippen LogP) is 0.825. The summed E-state index contributed by atoms with van der Waals surface area (Å²) in [5.41, 5.74) is 0.440. The minimum atomic E-state index is 0.415. The van der Waals surface area contributed by atoms with Gasteiger partial charge < -0.3 is 5.32 Å². The van der Waals surface area contributed by atoms with E-state index in [0.717, 1.165) is 0 Å². The number of aromatic nitrogens is 4. The highest BCUT2D eigenvalue weighted by molar-refractivity contribution is 5.58. The zero-order chi connectivity index (χ0) is 10.7. The lowest BCUT2D eigenvalue weighted by Crippen LogP contribution is -1.99. The normalized spacial score (nSPS) is 9.60. The SMILES string of the molecule is Cn1ccc(Nc2nnccc2C#N)n1. The highest BCUT2D eigenvalue weighted by Gasteiger charge is 2.04. The maximum atomic E-state index is 8.82. The fourth-order valence-electron chi connectivity index (χ4n) is 1.12. The van der Waals surface area contributed by atoms with Gasteiger partial charge in [0.2, 0.25) is 0 Å². The third kappa shape index (κ3) is 1.91. The first-order valence-electron chi connectivity index (χ1n) is 4.28. The van der Waals surface area contributed by atoms with Crippen molar-refractivity contribution in [3.8, 4) is 6.07 Å². The summed E-state index contributed by atoms with van der Waals surface area (Å²) < 4.78 is 1.66. The summed E-state index contributed by atoms with van der Waals surface area (Å²) in [6.07, 6.45) is 3.27. The number of rotatable bonds is 2. The van der Waals surface area contributed by atoms with Crippen molar-refractivity contribution in [2.75, 3.05) is 5.32 Å². The molecule has 0 bridgehead atoms. The lowest BCUT2D eigenvalue weighted by molar-refractivity contribution is 0.771. The van der Waals surface area contributed by atoms with Crippen LogP contribution in [0.4, 0.5) is 11.6 Å². The fourth-order valence-corrected chi connectivity index (χ4v) is 1.12. The number of hydrogen-bond acceptors (Lipinski definition) is 5. The molecule has 6 nitrogen and oxygen atoms in total. The summed E-state index contributed by atoms with van der Waals surface area (Å²) >= 11 is 0. The van der Waals surface area contributed by atoms with Crippen molar-refractivity contribution in [2.45, 2.75) is 0 Å². The zero-order valence-corrected chi connectivity index (χ0v) is 8.05. The van der Waals surface area contributed by atoms with Gasteiger partial charge in [-0.2, -0.15) is 15.5 Å². The Balaban J connectivity index is 2.28. The van der Waals surface area contributed by atoms with Crippen molar-refractivity contribution in [1.29, 1.82) is 5.26 Å². The molecule has 0 aromatic carbocycles. The van der Waals surface area contributed by atoms with Crippen molar-refractivity contribution in [1.82, 2.24) is 20.0 Å². The molecular weight excluding hydrogens is 192 g/mol. The van der Waals surface area contributed by atoms with Gasteiger partial charge in [-0.15, -0.1) is 5.10 Å². The van der Waals surface area contributed by atoms with Gasteiger partial charge >= 0.3 is 0 Å². The third-order valence-corrected chi connectivity index (χ3v) is 1.80. The van der Waals surface area contributed by atoms with Crippen molar-refractivity contribution in [2.24, 2.45) is 7.05 Å². The summed E-state index contributed by atoms with van der Waals surface area (Å²) in [4.78, 5) is 0. The predicted molar refractivity (Wildman–Crippen MR) is 53.2 cm³/mol. The van der Waals surface area contributed by atoms with Crippen LogP contribution in [-0.4, -0.2) is 20.0 Å². The van der Waals surface area contributed by atoms with Crippen LogP contribution in [0.1, 0.15) is 5.56 Å². The van der Waals surface area contributed by atoms with Gasteiger partial charge in [0.25, 0.3) is 0 Å². The van der Waals surface area contributed by atoms with Crippen LogP contribution < -0.4 is 5.32 Å². The van der Waals surface area contributed by atoms with Gasteiger partial charge in [-0.1, -0.05) is 0 Å². The summed E-state index contributed by atoms with van der Waals surface area (Å²) in [6, 6.07) is 5.41. The molecule has 0 atom stereocenters. The van der Waals surface area contributed by atoms with E-state index in [4.69, 9.17) is 5.26 Å². The Morgan fingerprint density at radius 3 is 3.00 bits per heavy atom. The van der Waals surface area contributed by atoms with Crippen LogP contribution in [0.25, 0.3) is 0 Å². The number of hydrogen-bond donors (Lipinski definition) is 1. The second-order valence-electron chi connectivity index (χ2n) is 2.90. The Labute approximate surface area is 86.2 Å². The molecule has 0 aliphatic rings. The first kappa shape index (κ1) is 9.15. The number of anilines is 2. The van der Waals surface area contributed by atoms with Crippen LogP contribution in [-0.2, 0) is 7.05 Å². The van der Waals surface area contributed by atoms with Gasteiger partial charge in [0.05, 0.1) is 11.8 Å². The Bertz CT molecular complexity index is 509. The van der Waals surface area contributed by atoms with Gasteiger partial charge in [-0.05, 0) is 6.07 Å². The van der Waals surface area contributed by atoms with Crippen molar-refractivity contribution >= 4 is 11.6 Å². The Morgan fingerprint density at radius 2 is 2.33 bits per heavy atom. The second kappa shape index (κ2) is 3.75. The van der Waals surface area contributed by atoms with Gasteiger partial charge in [0, 0.05) is 19.3 Å². The van der Waals surface area contributed by atoms with Crippen molar-refractivity contribution < 1.29 is 0 Å². The van der Waals surface area contributed by atoms with Crippen LogP contribution >= 0.6 is 0 Å². The van der Waals surface area contributed by atoms with E-state index in [2.05, 4.69) is 20.6 Å². The van der Waals surface area contributed by atoms with E-state index < -0.39 is 0 Å². The first-order chi connectivity index (χ1) is 7.29. The summed E-state index contributed by atoms with van der Waals surface area (Å²) in [5, 5.41) is 23.4. The van der Waals surface area contributed by atoms with Gasteiger partial charge in [-0.25, -0.2) is 0 Å². The molecule has 2 rings (SSSR count). The minimum Gasteiger partial charge on any atom is -0.321 e. The lowest BCUT2D eigenvalue weighted by atomic mass is 10.3. The molecule has 0 radical (unpaired) electrons. The summed E-state index contributed by atoms with van der Waals surface area (Å²) in [5.74, 6) is 1.05. The average Bonchev–Trinajstić information content (AvgIpc) is 2.65. The highest BCUT2D eigenvalue weighted by atomic mass is 15.3. The molecule has 15 heavy (non-hydrogen) atoms. The molecule has 74 valence electrons. The molecule has 0 saturated carbocycles. The van der Waals surface area contributed by atoms with E-state index in [1.807, 2.05) is 13.1 Å². The first-order valence-corrected chi connectivity index (χ1v) is 4.28. The molecule has 2 aromatic rings. The third-order valence-electron chi connectivity index (χ3n) is 1.80. The quantitative estimate of drug-likeness (QED) is 0.776. The number of nitriles is 1. The molecule has 6 heteroatoms. The minimum absolute atomic E-state index is 0.415. The molecule has 2 aromatic heterocycles. The lowest BCUT2D eigenvalue weighted by Gasteiger charge is -2.01. The average molecular weight is 200 g/mol. The molecule has 0 fully saturated rings. The van der Waals surface area contributed by atoms with Crippen LogP contribution in [0, 0.1) is 11.3 Å². The topological polar surface area (TPSA) is 79.4 Å². The van der Waals surface area contributed by atoms with E-state index >= 15 is 0 Å². The number of aryl methyl sites for hydroxylation is 1. The van der Waals surface area contributed by atoms with Gasteiger partial charge in [0.15, 0.2) is 11.6 Å². The van der Waals surface area contributed by atoms with E-state index in [-0.39, 0.29) is 0 Å². The zero-order valence-electron chi connectivity index (χ0n) is 8.05. The van der Waals surface area contributed by atoms with Crippen molar-refractivity contribution in [3.63, 3.8) is 0 Å². The second-order valence-corrected chi connectivity index (χ2v) is 2.90. The van der Waals surface area contributed by atoms with E-state index in [0.29, 0.717) is 17.2 Å². The van der Waals surface area contributed by atoms with E-state index in [9.17, 15) is 0 Å². The smallest absolute Gasteiger partial charge is 0.172 e. The number of nitrogens with one attached hydrogen (secondary N) is 1. The van der Waals surface area contributed by atoms with Crippen molar-refractivity contribution in [3.05, 3.63) is 30.1 Å². The van der Waals surface area contributed by atoms with E-state index in [1.54, 1.807) is 23.0 Å². The van der Waals surface area contributed by atoms with Gasteiger partial charge in [-0.3, -0.25) is 4.68 Å². The van der Waals surface area contributed by atoms with Crippen LogP contribution in [0.3, 0.4) is 0 Å². The largest absolute Gasteiger partial charge is 0.321 e. The Kier molecular flexibility index (Phi) is 2.29. The van der Waals surface area contributed by atoms with Crippen LogP contribution in [0.15, 0.2) is 24.5 Å².